The summed E-state index contributed by atoms with van der Waals surface area (Å²) in [6.45, 7) is 7.09. The van der Waals surface area contributed by atoms with Crippen molar-refractivity contribution in [1.29, 1.82) is 0 Å². The van der Waals surface area contributed by atoms with E-state index in [0.717, 1.165) is 11.1 Å². The molecule has 8 nitrogen and oxygen atoms in total. The van der Waals surface area contributed by atoms with Gasteiger partial charge in [0.25, 0.3) is 0 Å². The second-order valence-electron chi connectivity index (χ2n) is 12.0. The number of nitrogens with one attached hydrogen (secondary N) is 2. The van der Waals surface area contributed by atoms with Crippen molar-refractivity contribution in [2.24, 2.45) is 0 Å². The Balaban J connectivity index is 1.30. The zero-order chi connectivity index (χ0) is 32.6. The molecule has 0 bridgehead atoms. The number of rotatable bonds is 11. The van der Waals surface area contributed by atoms with E-state index in [1.54, 1.807) is 34.1 Å². The number of benzene rings is 3. The van der Waals surface area contributed by atoms with E-state index in [0.29, 0.717) is 75.7 Å². The molecular formula is C36H43ClFN5O3. The first-order valence-corrected chi connectivity index (χ1v) is 16.5. The van der Waals surface area contributed by atoms with E-state index in [-0.39, 0.29) is 29.6 Å². The zero-order valence-electron chi connectivity index (χ0n) is 26.6. The molecule has 3 unspecified atom stereocenters. The Kier molecular flexibility index (Phi) is 11.4. The van der Waals surface area contributed by atoms with Crippen LogP contribution in [0.25, 0.3) is 0 Å². The van der Waals surface area contributed by atoms with Crippen LogP contribution < -0.4 is 10.6 Å². The number of carbonyl (C=O) groups excluding carboxylic acids is 3. The highest BCUT2D eigenvalue weighted by Gasteiger charge is 2.34. The maximum absolute atomic E-state index is 15.1. The van der Waals surface area contributed by atoms with Crippen molar-refractivity contribution in [3.8, 4) is 0 Å². The fourth-order valence-corrected chi connectivity index (χ4v) is 6.56. The van der Waals surface area contributed by atoms with E-state index in [4.69, 9.17) is 11.6 Å². The highest BCUT2D eigenvalue weighted by molar-refractivity contribution is 6.30. The van der Waals surface area contributed by atoms with Crippen LogP contribution in [-0.2, 0) is 33.8 Å². The summed E-state index contributed by atoms with van der Waals surface area (Å²) in [6.07, 6.45) is 1.26. The van der Waals surface area contributed by atoms with Crippen molar-refractivity contribution < 1.29 is 18.8 Å². The Morgan fingerprint density at radius 1 is 0.957 bits per heavy atom. The van der Waals surface area contributed by atoms with E-state index >= 15 is 4.39 Å². The molecule has 0 radical (unpaired) electrons. The van der Waals surface area contributed by atoms with E-state index in [9.17, 15) is 14.4 Å². The van der Waals surface area contributed by atoms with Crippen LogP contribution >= 0.6 is 11.6 Å². The van der Waals surface area contributed by atoms with Crippen LogP contribution in [0.5, 0.6) is 0 Å². The molecule has 0 spiro atoms. The Labute approximate surface area is 275 Å². The summed E-state index contributed by atoms with van der Waals surface area (Å²) in [4.78, 5) is 46.0. The summed E-state index contributed by atoms with van der Waals surface area (Å²) in [6, 6.07) is 20.5. The van der Waals surface area contributed by atoms with Crippen molar-refractivity contribution in [2.45, 2.75) is 57.8 Å². The van der Waals surface area contributed by atoms with Crippen molar-refractivity contribution >= 4 is 29.3 Å². The largest absolute Gasteiger partial charge is 0.343 e. The molecule has 3 amide bonds. The van der Waals surface area contributed by atoms with Crippen LogP contribution in [0, 0.1) is 5.82 Å². The van der Waals surface area contributed by atoms with Gasteiger partial charge in [-0.15, -0.1) is 0 Å². The van der Waals surface area contributed by atoms with Crippen molar-refractivity contribution in [3.05, 3.63) is 106 Å². The van der Waals surface area contributed by atoms with Gasteiger partial charge in [-0.2, -0.15) is 0 Å². The molecule has 10 heteroatoms. The molecule has 244 valence electrons. The fourth-order valence-electron chi connectivity index (χ4n) is 6.44. The minimum atomic E-state index is -0.765. The number of piperazine rings is 1. The van der Waals surface area contributed by atoms with E-state index in [2.05, 4.69) is 21.6 Å². The van der Waals surface area contributed by atoms with Crippen LogP contribution in [-0.4, -0.2) is 83.8 Å². The van der Waals surface area contributed by atoms with Gasteiger partial charge in [0.2, 0.25) is 17.7 Å². The number of halogens is 2. The lowest BCUT2D eigenvalue weighted by Gasteiger charge is -2.42. The molecule has 0 saturated carbocycles. The highest BCUT2D eigenvalue weighted by atomic mass is 35.5. The zero-order valence-corrected chi connectivity index (χ0v) is 27.3. The third-order valence-electron chi connectivity index (χ3n) is 9.13. The lowest BCUT2D eigenvalue weighted by atomic mass is 9.95. The third-order valence-corrected chi connectivity index (χ3v) is 9.38. The van der Waals surface area contributed by atoms with Gasteiger partial charge in [-0.1, -0.05) is 73.1 Å². The summed E-state index contributed by atoms with van der Waals surface area (Å²) in [5.74, 6) is -0.650. The van der Waals surface area contributed by atoms with Crippen molar-refractivity contribution in [1.82, 2.24) is 25.3 Å². The Morgan fingerprint density at radius 3 is 2.30 bits per heavy atom. The fraction of sp³-hybridized carbons (Fsp3) is 0.417. The lowest BCUT2D eigenvalue weighted by Crippen LogP contribution is -2.59. The van der Waals surface area contributed by atoms with Crippen LogP contribution in [0.1, 0.15) is 48.6 Å². The van der Waals surface area contributed by atoms with E-state index < -0.39 is 12.1 Å². The summed E-state index contributed by atoms with van der Waals surface area (Å²) < 4.78 is 15.1. The average molecular weight is 648 g/mol. The Bertz CT molecular complexity index is 1510. The molecule has 3 atom stereocenters. The first-order valence-electron chi connectivity index (χ1n) is 16.2. The molecule has 2 aliphatic heterocycles. The van der Waals surface area contributed by atoms with E-state index in [1.807, 2.05) is 50.2 Å². The first kappa shape index (κ1) is 33.6. The Morgan fingerprint density at radius 2 is 1.63 bits per heavy atom. The van der Waals surface area contributed by atoms with Crippen LogP contribution in [0.15, 0.2) is 72.8 Å². The first-order chi connectivity index (χ1) is 22.3. The van der Waals surface area contributed by atoms with Crippen molar-refractivity contribution in [2.75, 3.05) is 39.3 Å². The highest BCUT2D eigenvalue weighted by Crippen LogP contribution is 2.27. The smallest absolute Gasteiger partial charge is 0.245 e. The maximum Gasteiger partial charge on any atom is 0.245 e. The molecule has 46 heavy (non-hydrogen) atoms. The quantitative estimate of drug-likeness (QED) is 0.323. The maximum atomic E-state index is 15.1. The molecule has 2 N–H and O–H groups in total. The van der Waals surface area contributed by atoms with Crippen LogP contribution in [0.3, 0.4) is 0 Å². The monoisotopic (exact) mass is 647 g/mol. The van der Waals surface area contributed by atoms with Gasteiger partial charge >= 0.3 is 0 Å². The van der Waals surface area contributed by atoms with Gasteiger partial charge in [-0.05, 0) is 48.2 Å². The summed E-state index contributed by atoms with van der Waals surface area (Å²) in [7, 11) is 0. The topological polar surface area (TPSA) is 85.0 Å². The lowest BCUT2D eigenvalue weighted by molar-refractivity contribution is -0.139. The molecule has 1 saturated heterocycles. The molecule has 3 aromatic rings. The van der Waals surface area contributed by atoms with E-state index in [1.165, 1.54) is 11.6 Å². The summed E-state index contributed by atoms with van der Waals surface area (Å²) >= 11 is 6.12. The van der Waals surface area contributed by atoms with Crippen LogP contribution in [0.4, 0.5) is 4.39 Å². The van der Waals surface area contributed by atoms with Gasteiger partial charge in [0.05, 0.1) is 12.1 Å². The molecule has 5 rings (SSSR count). The number of hydrogen-bond donors (Lipinski definition) is 2. The minimum Gasteiger partial charge on any atom is -0.343 e. The van der Waals surface area contributed by atoms with Gasteiger partial charge in [0, 0.05) is 69.2 Å². The van der Waals surface area contributed by atoms with Gasteiger partial charge in [-0.3, -0.25) is 19.3 Å². The SMILES string of the molecule is CCC(=O)N(CC)CC(c1ccccc1F)N1CCN(C(=O)C(Cc2ccc(Cl)cc2)NC(=O)C2Cc3ccccc3CN2)CC1. The molecule has 2 aliphatic rings. The number of fused-ring (bicyclic) bond motifs is 1. The van der Waals surface area contributed by atoms with Gasteiger partial charge < -0.3 is 20.4 Å². The van der Waals surface area contributed by atoms with Crippen molar-refractivity contribution in [3.63, 3.8) is 0 Å². The molecule has 0 aromatic heterocycles. The second-order valence-corrected chi connectivity index (χ2v) is 12.4. The Hall–Kier alpha value is -3.79. The second kappa shape index (κ2) is 15.7. The number of carbonyl (C=O) groups is 3. The standard InChI is InChI=1S/C36H43ClFN5O3/c1-3-34(44)41(4-2)24-33(29-11-7-8-12-30(29)38)42-17-19-43(20-18-42)36(46)32(21-25-13-15-28(37)16-14-25)40-35(45)31-22-26-9-5-6-10-27(26)23-39-31/h5-16,31-33,39H,3-4,17-24H2,1-2H3,(H,40,45). The minimum absolute atomic E-state index is 0.0226. The van der Waals surface area contributed by atoms with Gasteiger partial charge in [0.1, 0.15) is 11.9 Å². The van der Waals surface area contributed by atoms with Crippen LogP contribution in [0.2, 0.25) is 5.02 Å². The molecule has 2 heterocycles. The molecule has 0 aliphatic carbocycles. The average Bonchev–Trinajstić information content (AvgIpc) is 3.09. The predicted octanol–water partition coefficient (Wildman–Crippen LogP) is 4.36. The summed E-state index contributed by atoms with van der Waals surface area (Å²) in [5.41, 5.74) is 3.74. The third kappa shape index (κ3) is 8.13. The summed E-state index contributed by atoms with van der Waals surface area (Å²) in [5, 5.41) is 6.99. The number of amides is 3. The number of likely N-dealkylation sites (N-methyl/N-ethyl adjacent to an activating group) is 1. The predicted molar refractivity (Wildman–Crippen MR) is 178 cm³/mol. The normalized spacial score (nSPS) is 17.9. The molecular weight excluding hydrogens is 605 g/mol. The molecule has 1 fully saturated rings. The van der Waals surface area contributed by atoms with Gasteiger partial charge in [-0.25, -0.2) is 4.39 Å². The number of hydrogen-bond acceptors (Lipinski definition) is 5. The number of nitrogens with zero attached hydrogens (tertiary/aromatic N) is 3. The van der Waals surface area contributed by atoms with Gasteiger partial charge in [0.15, 0.2) is 0 Å². The molecule has 3 aromatic carbocycles.